The van der Waals surface area contributed by atoms with Crippen LogP contribution in [0.5, 0.6) is 0 Å². The Labute approximate surface area is 124 Å². The third-order valence-corrected chi connectivity index (χ3v) is 3.35. The van der Waals surface area contributed by atoms with Crippen molar-refractivity contribution in [3.8, 4) is 0 Å². The second-order valence-corrected chi connectivity index (χ2v) is 4.96. The molecule has 0 saturated heterocycles. The minimum absolute atomic E-state index is 0.106. The van der Waals surface area contributed by atoms with Crippen LogP contribution in [0.3, 0.4) is 0 Å². The summed E-state index contributed by atoms with van der Waals surface area (Å²) >= 11 is 17.4. The Bertz CT molecular complexity index is 647. The van der Waals surface area contributed by atoms with E-state index in [1.54, 1.807) is 18.2 Å². The van der Waals surface area contributed by atoms with Crippen molar-refractivity contribution in [2.45, 2.75) is 6.42 Å². The van der Waals surface area contributed by atoms with Gasteiger partial charge in [0.15, 0.2) is 0 Å². The standard InChI is InChI=1S/C12H7Cl3N2O2/c13-9-3-1-7(6-10(9)17(18)19)5-8-2-4-11(14)16-12(8)15/h1-4,6H,5H2. The SMILES string of the molecule is O=[N+]([O-])c1cc(Cc2ccc(Cl)nc2Cl)ccc1Cl. The molecule has 0 fully saturated rings. The molecule has 1 aromatic heterocycles. The fourth-order valence-corrected chi connectivity index (χ4v) is 2.20. The molecule has 0 aliphatic carbocycles. The van der Waals surface area contributed by atoms with Crippen LogP contribution in [0.15, 0.2) is 30.3 Å². The lowest BCUT2D eigenvalue weighted by Gasteiger charge is -2.05. The molecule has 0 unspecified atom stereocenters. The predicted octanol–water partition coefficient (Wildman–Crippen LogP) is 4.54. The number of halogens is 3. The number of nitro groups is 1. The lowest BCUT2D eigenvalue weighted by Crippen LogP contribution is -1.95. The van der Waals surface area contributed by atoms with E-state index in [0.717, 1.165) is 11.1 Å². The van der Waals surface area contributed by atoms with Gasteiger partial charge in [0.05, 0.1) is 4.92 Å². The number of nitrogens with zero attached hydrogens (tertiary/aromatic N) is 2. The number of rotatable bonds is 3. The van der Waals surface area contributed by atoms with Gasteiger partial charge in [-0.25, -0.2) is 4.98 Å². The molecular weight excluding hydrogens is 311 g/mol. The van der Waals surface area contributed by atoms with Gasteiger partial charge in [-0.2, -0.15) is 0 Å². The lowest BCUT2D eigenvalue weighted by molar-refractivity contribution is -0.384. The summed E-state index contributed by atoms with van der Waals surface area (Å²) in [6.45, 7) is 0. The van der Waals surface area contributed by atoms with Crippen LogP contribution < -0.4 is 0 Å². The van der Waals surface area contributed by atoms with E-state index in [1.807, 2.05) is 0 Å². The highest BCUT2D eigenvalue weighted by Crippen LogP contribution is 2.27. The highest BCUT2D eigenvalue weighted by Gasteiger charge is 2.13. The molecule has 0 spiro atoms. The lowest BCUT2D eigenvalue weighted by atomic mass is 10.1. The van der Waals surface area contributed by atoms with Crippen molar-refractivity contribution in [1.82, 2.24) is 4.98 Å². The van der Waals surface area contributed by atoms with Crippen LogP contribution >= 0.6 is 34.8 Å². The van der Waals surface area contributed by atoms with E-state index >= 15 is 0 Å². The Morgan fingerprint density at radius 1 is 1.16 bits per heavy atom. The molecule has 0 bridgehead atoms. The molecule has 2 aromatic rings. The monoisotopic (exact) mass is 316 g/mol. The van der Waals surface area contributed by atoms with Crippen LogP contribution in [-0.4, -0.2) is 9.91 Å². The molecule has 1 aromatic carbocycles. The van der Waals surface area contributed by atoms with E-state index in [0.29, 0.717) is 11.6 Å². The molecule has 19 heavy (non-hydrogen) atoms. The molecule has 2 rings (SSSR count). The largest absolute Gasteiger partial charge is 0.288 e. The quantitative estimate of drug-likeness (QED) is 0.474. The molecule has 4 nitrogen and oxygen atoms in total. The van der Waals surface area contributed by atoms with Crippen molar-refractivity contribution in [2.75, 3.05) is 0 Å². The van der Waals surface area contributed by atoms with Gasteiger partial charge >= 0.3 is 0 Å². The van der Waals surface area contributed by atoms with Crippen LogP contribution in [0.1, 0.15) is 11.1 Å². The third kappa shape index (κ3) is 3.35. The summed E-state index contributed by atoms with van der Waals surface area (Å²) in [4.78, 5) is 14.2. The highest BCUT2D eigenvalue weighted by molar-refractivity contribution is 6.33. The maximum absolute atomic E-state index is 10.8. The van der Waals surface area contributed by atoms with E-state index in [9.17, 15) is 10.1 Å². The van der Waals surface area contributed by atoms with E-state index in [4.69, 9.17) is 34.8 Å². The summed E-state index contributed by atoms with van der Waals surface area (Å²) in [6.07, 6.45) is 0.418. The summed E-state index contributed by atoms with van der Waals surface area (Å²) in [5.74, 6) is 0. The summed E-state index contributed by atoms with van der Waals surface area (Å²) in [6, 6.07) is 7.98. The van der Waals surface area contributed by atoms with Crippen LogP contribution in [0.4, 0.5) is 5.69 Å². The van der Waals surface area contributed by atoms with Crippen LogP contribution in [-0.2, 0) is 6.42 Å². The number of hydrogen-bond acceptors (Lipinski definition) is 3. The molecule has 0 radical (unpaired) electrons. The molecule has 0 N–H and O–H groups in total. The Balaban J connectivity index is 2.33. The molecule has 0 amide bonds. The smallest absolute Gasteiger partial charge is 0.258 e. The molecule has 7 heteroatoms. The molecule has 0 saturated carbocycles. The van der Waals surface area contributed by atoms with Gasteiger partial charge in [-0.15, -0.1) is 0 Å². The first-order chi connectivity index (χ1) is 8.97. The van der Waals surface area contributed by atoms with Gasteiger partial charge in [-0.05, 0) is 23.3 Å². The second-order valence-electron chi connectivity index (χ2n) is 3.80. The molecule has 0 atom stereocenters. The second kappa shape index (κ2) is 5.74. The Kier molecular flexibility index (Phi) is 4.24. The molecule has 1 heterocycles. The Morgan fingerprint density at radius 3 is 2.53 bits per heavy atom. The average molecular weight is 318 g/mol. The van der Waals surface area contributed by atoms with Gasteiger partial charge in [0.2, 0.25) is 0 Å². The Hall–Kier alpha value is -1.36. The summed E-state index contributed by atoms with van der Waals surface area (Å²) in [5.41, 5.74) is 1.34. The first-order valence-electron chi connectivity index (χ1n) is 5.21. The van der Waals surface area contributed by atoms with Crippen molar-refractivity contribution in [2.24, 2.45) is 0 Å². The molecular formula is C12H7Cl3N2O2. The third-order valence-electron chi connectivity index (χ3n) is 2.49. The average Bonchev–Trinajstić information content (AvgIpc) is 2.34. The van der Waals surface area contributed by atoms with Gasteiger partial charge in [0, 0.05) is 12.5 Å². The maximum atomic E-state index is 10.8. The van der Waals surface area contributed by atoms with Crippen molar-refractivity contribution < 1.29 is 4.92 Å². The van der Waals surface area contributed by atoms with Crippen LogP contribution in [0.2, 0.25) is 15.3 Å². The first kappa shape index (κ1) is 14.1. The van der Waals surface area contributed by atoms with Crippen LogP contribution in [0.25, 0.3) is 0 Å². The summed E-state index contributed by atoms with van der Waals surface area (Å²) in [7, 11) is 0. The van der Waals surface area contributed by atoms with Crippen molar-refractivity contribution >= 4 is 40.5 Å². The zero-order valence-corrected chi connectivity index (χ0v) is 11.7. The van der Waals surface area contributed by atoms with E-state index in [1.165, 1.54) is 12.1 Å². The molecule has 98 valence electrons. The zero-order valence-electron chi connectivity index (χ0n) is 9.44. The van der Waals surface area contributed by atoms with Gasteiger partial charge in [0.1, 0.15) is 15.3 Å². The first-order valence-corrected chi connectivity index (χ1v) is 6.34. The number of hydrogen-bond donors (Lipinski definition) is 0. The number of aromatic nitrogens is 1. The van der Waals surface area contributed by atoms with E-state index in [2.05, 4.69) is 4.98 Å². The minimum Gasteiger partial charge on any atom is -0.258 e. The van der Waals surface area contributed by atoms with Gasteiger partial charge in [-0.3, -0.25) is 10.1 Å². The van der Waals surface area contributed by atoms with Crippen LogP contribution in [0, 0.1) is 10.1 Å². The molecule has 0 aliphatic rings. The van der Waals surface area contributed by atoms with Gasteiger partial charge in [-0.1, -0.05) is 46.9 Å². The topological polar surface area (TPSA) is 56.0 Å². The van der Waals surface area contributed by atoms with Crippen molar-refractivity contribution in [3.63, 3.8) is 0 Å². The zero-order chi connectivity index (χ0) is 14.0. The number of pyridine rings is 1. The minimum atomic E-state index is -0.520. The van der Waals surface area contributed by atoms with Crippen molar-refractivity contribution in [3.05, 3.63) is 66.9 Å². The van der Waals surface area contributed by atoms with Crippen molar-refractivity contribution in [1.29, 1.82) is 0 Å². The predicted molar refractivity (Wildman–Crippen MR) is 75.2 cm³/mol. The highest BCUT2D eigenvalue weighted by atomic mass is 35.5. The Morgan fingerprint density at radius 2 is 1.89 bits per heavy atom. The van der Waals surface area contributed by atoms with Gasteiger partial charge < -0.3 is 0 Å². The van der Waals surface area contributed by atoms with E-state index in [-0.39, 0.29) is 15.9 Å². The van der Waals surface area contributed by atoms with E-state index < -0.39 is 4.92 Å². The number of nitro benzene ring substituents is 1. The summed E-state index contributed by atoms with van der Waals surface area (Å²) < 4.78 is 0. The summed E-state index contributed by atoms with van der Waals surface area (Å²) in [5, 5.41) is 11.5. The van der Waals surface area contributed by atoms with Gasteiger partial charge in [0.25, 0.3) is 5.69 Å². The normalized spacial score (nSPS) is 10.5. The fourth-order valence-electron chi connectivity index (χ4n) is 1.60. The number of benzene rings is 1. The fraction of sp³-hybridized carbons (Fsp3) is 0.0833. The maximum Gasteiger partial charge on any atom is 0.288 e. The molecule has 0 aliphatic heterocycles.